The zero-order valence-corrected chi connectivity index (χ0v) is 11.0. The van der Waals surface area contributed by atoms with Gasteiger partial charge in [-0.1, -0.05) is 60.7 Å². The van der Waals surface area contributed by atoms with Gasteiger partial charge in [-0.15, -0.1) is 0 Å². The van der Waals surface area contributed by atoms with Crippen molar-refractivity contribution in [2.24, 2.45) is 5.73 Å². The number of carboxylic acids is 1. The minimum Gasteiger partial charge on any atom is -0.480 e. The largest absolute Gasteiger partial charge is 0.480 e. The lowest BCUT2D eigenvalue weighted by atomic mass is 10.0. The Hall–Kier alpha value is -2.17. The third-order valence-electron chi connectivity index (χ3n) is 2.96. The zero-order chi connectivity index (χ0) is 14.4. The average Bonchev–Trinajstić information content (AvgIpc) is 2.49. The fourth-order valence-corrected chi connectivity index (χ4v) is 1.91. The first-order chi connectivity index (χ1) is 9.68. The van der Waals surface area contributed by atoms with Crippen LogP contribution in [-0.4, -0.2) is 23.7 Å². The topological polar surface area (TPSA) is 72.5 Å². The van der Waals surface area contributed by atoms with E-state index in [4.69, 9.17) is 15.6 Å². The summed E-state index contributed by atoms with van der Waals surface area (Å²) in [4.78, 5) is 10.8. The molecule has 0 aliphatic heterocycles. The van der Waals surface area contributed by atoms with E-state index in [1.165, 1.54) is 0 Å². The number of carboxylic acid groups (broad SMARTS) is 1. The van der Waals surface area contributed by atoms with Gasteiger partial charge in [0.25, 0.3) is 0 Å². The molecule has 0 heterocycles. The van der Waals surface area contributed by atoms with Gasteiger partial charge in [0.05, 0.1) is 6.61 Å². The van der Waals surface area contributed by atoms with E-state index >= 15 is 0 Å². The number of hydrogen-bond acceptors (Lipinski definition) is 3. The molecule has 0 bridgehead atoms. The second kappa shape index (κ2) is 6.84. The Morgan fingerprint density at radius 3 is 1.85 bits per heavy atom. The normalized spacial score (nSPS) is 12.3. The maximum Gasteiger partial charge on any atom is 0.322 e. The molecule has 104 valence electrons. The van der Waals surface area contributed by atoms with Crippen molar-refractivity contribution in [3.8, 4) is 0 Å². The summed E-state index contributed by atoms with van der Waals surface area (Å²) < 4.78 is 5.73. The van der Waals surface area contributed by atoms with Crippen LogP contribution in [0.2, 0.25) is 0 Å². The van der Waals surface area contributed by atoms with Crippen molar-refractivity contribution in [2.75, 3.05) is 6.61 Å². The van der Waals surface area contributed by atoms with Crippen molar-refractivity contribution in [3.05, 3.63) is 71.8 Å². The van der Waals surface area contributed by atoms with Crippen LogP contribution in [0.15, 0.2) is 60.7 Å². The molecule has 2 aromatic rings. The van der Waals surface area contributed by atoms with Gasteiger partial charge in [-0.25, -0.2) is 0 Å². The lowest BCUT2D eigenvalue weighted by Gasteiger charge is -2.20. The van der Waals surface area contributed by atoms with E-state index in [9.17, 15) is 4.79 Å². The highest BCUT2D eigenvalue weighted by atomic mass is 16.5. The van der Waals surface area contributed by atoms with Gasteiger partial charge in [-0.3, -0.25) is 4.79 Å². The lowest BCUT2D eigenvalue weighted by molar-refractivity contribution is -0.140. The van der Waals surface area contributed by atoms with Crippen LogP contribution >= 0.6 is 0 Å². The number of carbonyl (C=O) groups is 1. The molecule has 3 N–H and O–H groups in total. The third kappa shape index (κ3) is 3.66. The summed E-state index contributed by atoms with van der Waals surface area (Å²) in [6, 6.07) is 18.3. The van der Waals surface area contributed by atoms with Gasteiger partial charge in [0, 0.05) is 0 Å². The van der Waals surface area contributed by atoms with Gasteiger partial charge in [-0.2, -0.15) is 0 Å². The van der Waals surface area contributed by atoms with Gasteiger partial charge in [0.15, 0.2) is 0 Å². The maximum atomic E-state index is 10.8. The quantitative estimate of drug-likeness (QED) is 0.844. The highest BCUT2D eigenvalue weighted by Crippen LogP contribution is 2.25. The number of nitrogens with two attached hydrogens (primary N) is 1. The van der Waals surface area contributed by atoms with Crippen LogP contribution in [0.1, 0.15) is 17.2 Å². The van der Waals surface area contributed by atoms with Crippen LogP contribution in [0.5, 0.6) is 0 Å². The number of benzene rings is 2. The Balaban J connectivity index is 2.19. The van der Waals surface area contributed by atoms with Gasteiger partial charge < -0.3 is 15.6 Å². The molecule has 0 aliphatic rings. The number of aliphatic carboxylic acids is 1. The van der Waals surface area contributed by atoms with Crippen LogP contribution in [-0.2, 0) is 9.53 Å². The van der Waals surface area contributed by atoms with Gasteiger partial charge in [0.2, 0.25) is 0 Å². The molecule has 0 fully saturated rings. The SMILES string of the molecule is N[C@@H](COC(c1ccccc1)c1ccccc1)C(=O)O. The summed E-state index contributed by atoms with van der Waals surface area (Å²) in [7, 11) is 0. The van der Waals surface area contributed by atoms with E-state index in [0.717, 1.165) is 11.1 Å². The highest BCUT2D eigenvalue weighted by Gasteiger charge is 2.18. The summed E-state index contributed by atoms with van der Waals surface area (Å²) in [5.74, 6) is -1.06. The van der Waals surface area contributed by atoms with E-state index in [2.05, 4.69) is 0 Å². The lowest BCUT2D eigenvalue weighted by Crippen LogP contribution is -2.35. The average molecular weight is 271 g/mol. The van der Waals surface area contributed by atoms with Crippen molar-refractivity contribution < 1.29 is 14.6 Å². The molecule has 1 atom stereocenters. The summed E-state index contributed by atoms with van der Waals surface area (Å²) in [6.45, 7) is -0.0379. The molecule has 2 aromatic carbocycles. The second-order valence-corrected chi connectivity index (χ2v) is 4.48. The monoisotopic (exact) mass is 271 g/mol. The van der Waals surface area contributed by atoms with Crippen LogP contribution in [0, 0.1) is 0 Å². The van der Waals surface area contributed by atoms with Gasteiger partial charge >= 0.3 is 5.97 Å². The van der Waals surface area contributed by atoms with E-state index in [1.807, 2.05) is 60.7 Å². The number of hydrogen-bond donors (Lipinski definition) is 2. The molecule has 0 radical (unpaired) electrons. The van der Waals surface area contributed by atoms with Crippen molar-refractivity contribution in [1.29, 1.82) is 0 Å². The molecule has 4 heteroatoms. The Kier molecular flexibility index (Phi) is 4.87. The molecule has 0 aromatic heterocycles. The van der Waals surface area contributed by atoms with E-state index in [1.54, 1.807) is 0 Å². The first-order valence-corrected chi connectivity index (χ1v) is 6.38. The summed E-state index contributed by atoms with van der Waals surface area (Å²) >= 11 is 0. The minimum atomic E-state index is -1.06. The molecular formula is C16H17NO3. The van der Waals surface area contributed by atoms with Crippen molar-refractivity contribution >= 4 is 5.97 Å². The fraction of sp³-hybridized carbons (Fsp3) is 0.188. The Morgan fingerprint density at radius 1 is 1.00 bits per heavy atom. The molecule has 20 heavy (non-hydrogen) atoms. The van der Waals surface area contributed by atoms with E-state index in [-0.39, 0.29) is 12.7 Å². The van der Waals surface area contributed by atoms with Crippen LogP contribution in [0.25, 0.3) is 0 Å². The molecule has 0 saturated carbocycles. The summed E-state index contributed by atoms with van der Waals surface area (Å²) in [5.41, 5.74) is 7.43. The number of rotatable bonds is 6. The van der Waals surface area contributed by atoms with Crippen molar-refractivity contribution in [2.45, 2.75) is 12.1 Å². The molecule has 2 rings (SSSR count). The van der Waals surface area contributed by atoms with E-state index < -0.39 is 12.0 Å². The molecule has 4 nitrogen and oxygen atoms in total. The third-order valence-corrected chi connectivity index (χ3v) is 2.96. The van der Waals surface area contributed by atoms with Crippen molar-refractivity contribution in [1.82, 2.24) is 0 Å². The maximum absolute atomic E-state index is 10.8. The van der Waals surface area contributed by atoms with Crippen LogP contribution in [0.4, 0.5) is 0 Å². The van der Waals surface area contributed by atoms with Gasteiger partial charge in [0.1, 0.15) is 12.1 Å². The molecule has 0 saturated heterocycles. The Bertz CT molecular complexity index is 503. The predicted octanol–water partition coefficient (Wildman–Crippen LogP) is 2.20. The molecular weight excluding hydrogens is 254 g/mol. The molecule has 0 amide bonds. The number of ether oxygens (including phenoxy) is 1. The van der Waals surface area contributed by atoms with Crippen molar-refractivity contribution in [3.63, 3.8) is 0 Å². The molecule has 0 spiro atoms. The molecule has 0 unspecified atom stereocenters. The molecule has 0 aliphatic carbocycles. The first kappa shape index (κ1) is 14.2. The standard InChI is InChI=1S/C16H17NO3/c17-14(16(18)19)11-20-15(12-7-3-1-4-8-12)13-9-5-2-6-10-13/h1-10,14-15H,11,17H2,(H,18,19)/t14-/m0/s1. The van der Waals surface area contributed by atoms with Crippen LogP contribution in [0.3, 0.4) is 0 Å². The highest BCUT2D eigenvalue weighted by molar-refractivity contribution is 5.73. The smallest absolute Gasteiger partial charge is 0.322 e. The first-order valence-electron chi connectivity index (χ1n) is 6.38. The Labute approximate surface area is 117 Å². The van der Waals surface area contributed by atoms with E-state index in [0.29, 0.717) is 0 Å². The summed E-state index contributed by atoms with van der Waals surface area (Å²) in [5, 5.41) is 8.83. The predicted molar refractivity (Wildman–Crippen MR) is 76.3 cm³/mol. The Morgan fingerprint density at radius 2 is 1.45 bits per heavy atom. The van der Waals surface area contributed by atoms with Gasteiger partial charge in [-0.05, 0) is 11.1 Å². The zero-order valence-electron chi connectivity index (χ0n) is 11.0. The minimum absolute atomic E-state index is 0.0379. The second-order valence-electron chi connectivity index (χ2n) is 4.48. The summed E-state index contributed by atoms with van der Waals surface area (Å²) in [6.07, 6.45) is -0.317. The fourth-order valence-electron chi connectivity index (χ4n) is 1.91. The van der Waals surface area contributed by atoms with Crippen LogP contribution < -0.4 is 5.73 Å².